The summed E-state index contributed by atoms with van der Waals surface area (Å²) in [4.78, 5) is 0. The van der Waals surface area contributed by atoms with Crippen LogP contribution in [0.1, 0.15) is 24.5 Å². The van der Waals surface area contributed by atoms with Gasteiger partial charge in [-0.3, -0.25) is 0 Å². The number of hydrogen-bond donors (Lipinski definition) is 1. The van der Waals surface area contributed by atoms with E-state index in [1.54, 1.807) is 0 Å². The van der Waals surface area contributed by atoms with Crippen LogP contribution in [-0.2, 0) is 12.3 Å². The molecule has 0 aromatic heterocycles. The van der Waals surface area contributed by atoms with Crippen LogP contribution in [-0.4, -0.2) is 5.75 Å². The monoisotopic (exact) mass is 213 g/mol. The Morgan fingerprint density at radius 1 is 1.43 bits per heavy atom. The van der Waals surface area contributed by atoms with Crippen molar-refractivity contribution in [3.05, 3.63) is 35.1 Å². The molecular weight excluding hydrogens is 197 g/mol. The van der Waals surface area contributed by atoms with Gasteiger partial charge in [-0.25, -0.2) is 4.39 Å². The molecule has 0 aliphatic rings. The van der Waals surface area contributed by atoms with Gasteiger partial charge in [0.2, 0.25) is 0 Å². The van der Waals surface area contributed by atoms with Gasteiger partial charge in [0.15, 0.2) is 0 Å². The normalized spacial score (nSPS) is 10.5. The van der Waals surface area contributed by atoms with E-state index in [1.807, 2.05) is 23.9 Å². The summed E-state index contributed by atoms with van der Waals surface area (Å²) < 4.78 is 13.1. The van der Waals surface area contributed by atoms with E-state index < -0.39 is 0 Å². The van der Waals surface area contributed by atoms with E-state index in [2.05, 4.69) is 6.92 Å². The molecule has 1 rings (SSSR count). The Balaban J connectivity index is 2.60. The standard InChI is InChI=1S/C11H16FNS/c1-2-5-14-8-9-3-4-11(12)10(6-9)7-13/h3-4,6H,2,5,7-8,13H2,1H3. The van der Waals surface area contributed by atoms with Crippen LogP contribution in [0.25, 0.3) is 0 Å². The van der Waals surface area contributed by atoms with E-state index in [-0.39, 0.29) is 12.4 Å². The molecule has 0 amide bonds. The number of benzene rings is 1. The molecule has 0 unspecified atom stereocenters. The first-order valence-corrected chi connectivity index (χ1v) is 5.98. The number of halogens is 1. The third-order valence-corrected chi connectivity index (χ3v) is 3.18. The Morgan fingerprint density at radius 2 is 2.21 bits per heavy atom. The number of nitrogens with two attached hydrogens (primary N) is 1. The highest BCUT2D eigenvalue weighted by atomic mass is 32.2. The molecule has 14 heavy (non-hydrogen) atoms. The van der Waals surface area contributed by atoms with Crippen LogP contribution in [0.5, 0.6) is 0 Å². The molecule has 0 aliphatic heterocycles. The van der Waals surface area contributed by atoms with E-state index in [9.17, 15) is 4.39 Å². The summed E-state index contributed by atoms with van der Waals surface area (Å²) in [5.41, 5.74) is 7.20. The fourth-order valence-electron chi connectivity index (χ4n) is 1.21. The zero-order valence-electron chi connectivity index (χ0n) is 8.42. The fraction of sp³-hybridized carbons (Fsp3) is 0.455. The molecule has 0 fully saturated rings. The number of thioether (sulfide) groups is 1. The zero-order valence-corrected chi connectivity index (χ0v) is 9.24. The molecule has 0 bridgehead atoms. The molecule has 78 valence electrons. The second-order valence-electron chi connectivity index (χ2n) is 3.18. The molecule has 0 heterocycles. The van der Waals surface area contributed by atoms with Gasteiger partial charge >= 0.3 is 0 Å². The quantitative estimate of drug-likeness (QED) is 0.761. The predicted molar refractivity (Wildman–Crippen MR) is 60.7 cm³/mol. The lowest BCUT2D eigenvalue weighted by Crippen LogP contribution is -2.00. The van der Waals surface area contributed by atoms with Crippen LogP contribution in [0.15, 0.2) is 18.2 Å². The topological polar surface area (TPSA) is 26.0 Å². The minimum absolute atomic E-state index is 0.197. The molecule has 0 saturated carbocycles. The van der Waals surface area contributed by atoms with Crippen LogP contribution >= 0.6 is 11.8 Å². The molecule has 0 spiro atoms. The maximum atomic E-state index is 13.1. The largest absolute Gasteiger partial charge is 0.326 e. The number of rotatable bonds is 5. The van der Waals surface area contributed by atoms with Gasteiger partial charge < -0.3 is 5.73 Å². The Labute approximate surface area is 88.9 Å². The number of hydrogen-bond acceptors (Lipinski definition) is 2. The Kier molecular flexibility index (Phi) is 4.98. The molecular formula is C11H16FNS. The van der Waals surface area contributed by atoms with Crippen molar-refractivity contribution in [3.63, 3.8) is 0 Å². The molecule has 1 aromatic rings. The first kappa shape index (κ1) is 11.5. The van der Waals surface area contributed by atoms with Crippen molar-refractivity contribution in [1.29, 1.82) is 0 Å². The Morgan fingerprint density at radius 3 is 2.86 bits per heavy atom. The molecule has 3 heteroatoms. The van der Waals surface area contributed by atoms with Crippen molar-refractivity contribution in [3.8, 4) is 0 Å². The first-order chi connectivity index (χ1) is 6.77. The third-order valence-electron chi connectivity index (χ3n) is 1.95. The Bertz CT molecular complexity index is 289. The first-order valence-electron chi connectivity index (χ1n) is 4.83. The van der Waals surface area contributed by atoms with Crippen LogP contribution in [0.2, 0.25) is 0 Å². The van der Waals surface area contributed by atoms with Gasteiger partial charge in [0.1, 0.15) is 5.82 Å². The van der Waals surface area contributed by atoms with Gasteiger partial charge in [-0.15, -0.1) is 0 Å². The van der Waals surface area contributed by atoms with E-state index in [1.165, 1.54) is 12.5 Å². The van der Waals surface area contributed by atoms with Crippen molar-refractivity contribution < 1.29 is 4.39 Å². The van der Waals surface area contributed by atoms with Crippen molar-refractivity contribution in [2.24, 2.45) is 5.73 Å². The zero-order chi connectivity index (χ0) is 10.4. The summed E-state index contributed by atoms with van der Waals surface area (Å²) in [7, 11) is 0. The minimum atomic E-state index is -0.197. The second-order valence-corrected chi connectivity index (χ2v) is 4.29. The van der Waals surface area contributed by atoms with E-state index in [0.29, 0.717) is 5.56 Å². The molecule has 1 nitrogen and oxygen atoms in total. The van der Waals surface area contributed by atoms with E-state index in [0.717, 1.165) is 17.1 Å². The van der Waals surface area contributed by atoms with Crippen molar-refractivity contribution in [2.45, 2.75) is 25.6 Å². The third kappa shape index (κ3) is 3.31. The van der Waals surface area contributed by atoms with Crippen molar-refractivity contribution in [1.82, 2.24) is 0 Å². The van der Waals surface area contributed by atoms with Gasteiger partial charge in [0, 0.05) is 17.9 Å². The molecule has 0 atom stereocenters. The summed E-state index contributed by atoms with van der Waals surface area (Å²) in [6, 6.07) is 5.19. The molecule has 0 saturated heterocycles. The highest BCUT2D eigenvalue weighted by Crippen LogP contribution is 2.16. The summed E-state index contributed by atoms with van der Waals surface area (Å²) >= 11 is 1.87. The summed E-state index contributed by atoms with van der Waals surface area (Å²) in [5, 5.41) is 0. The fourth-order valence-corrected chi connectivity index (χ4v) is 2.06. The highest BCUT2D eigenvalue weighted by Gasteiger charge is 2.01. The lowest BCUT2D eigenvalue weighted by molar-refractivity contribution is 0.610. The molecule has 0 aliphatic carbocycles. The van der Waals surface area contributed by atoms with E-state index >= 15 is 0 Å². The Hall–Kier alpha value is -0.540. The van der Waals surface area contributed by atoms with Gasteiger partial charge in [-0.05, 0) is 23.8 Å². The summed E-state index contributed by atoms with van der Waals surface area (Å²) in [6.07, 6.45) is 1.18. The van der Waals surface area contributed by atoms with Crippen LogP contribution in [0.4, 0.5) is 4.39 Å². The molecule has 2 N–H and O–H groups in total. The SMILES string of the molecule is CCCSCc1ccc(F)c(CN)c1. The maximum Gasteiger partial charge on any atom is 0.127 e. The van der Waals surface area contributed by atoms with Crippen LogP contribution in [0, 0.1) is 5.82 Å². The average molecular weight is 213 g/mol. The van der Waals surface area contributed by atoms with Gasteiger partial charge in [0.25, 0.3) is 0 Å². The summed E-state index contributed by atoms with van der Waals surface area (Å²) in [6.45, 7) is 2.43. The lowest BCUT2D eigenvalue weighted by Gasteiger charge is -2.04. The maximum absolute atomic E-state index is 13.1. The van der Waals surface area contributed by atoms with Crippen molar-refractivity contribution >= 4 is 11.8 Å². The van der Waals surface area contributed by atoms with Gasteiger partial charge in [0.05, 0.1) is 0 Å². The average Bonchev–Trinajstić information content (AvgIpc) is 2.21. The predicted octanol–water partition coefficient (Wildman–Crippen LogP) is 2.93. The van der Waals surface area contributed by atoms with Crippen molar-refractivity contribution in [2.75, 3.05) is 5.75 Å². The minimum Gasteiger partial charge on any atom is -0.326 e. The second kappa shape index (κ2) is 6.04. The van der Waals surface area contributed by atoms with Crippen LogP contribution in [0.3, 0.4) is 0 Å². The highest BCUT2D eigenvalue weighted by molar-refractivity contribution is 7.98. The molecule has 1 aromatic carbocycles. The van der Waals surface area contributed by atoms with Gasteiger partial charge in [-0.1, -0.05) is 19.1 Å². The van der Waals surface area contributed by atoms with E-state index in [4.69, 9.17) is 5.73 Å². The summed E-state index contributed by atoms with van der Waals surface area (Å²) in [5.74, 6) is 1.90. The van der Waals surface area contributed by atoms with Gasteiger partial charge in [-0.2, -0.15) is 11.8 Å². The smallest absolute Gasteiger partial charge is 0.127 e. The molecule has 0 radical (unpaired) electrons. The van der Waals surface area contributed by atoms with Crippen LogP contribution < -0.4 is 5.73 Å². The lowest BCUT2D eigenvalue weighted by atomic mass is 10.1.